The highest BCUT2D eigenvalue weighted by Gasteiger charge is 2.18. The minimum absolute atomic E-state index is 0.231. The molecule has 1 aromatic rings. The molecule has 1 rings (SSSR count). The zero-order chi connectivity index (χ0) is 10.9. The Hall–Kier alpha value is -0.480. The molecule has 0 aliphatic rings. The number of halogens is 1. The van der Waals surface area contributed by atoms with Gasteiger partial charge in [-0.3, -0.25) is 4.79 Å². The van der Waals surface area contributed by atoms with Crippen LogP contribution in [0.15, 0.2) is 15.9 Å². The molecule has 0 aliphatic carbocycles. The van der Waals surface area contributed by atoms with Gasteiger partial charge in [0.1, 0.15) is 5.02 Å². The van der Waals surface area contributed by atoms with Crippen molar-refractivity contribution in [2.75, 3.05) is 6.26 Å². The van der Waals surface area contributed by atoms with Crippen LogP contribution in [0.4, 0.5) is 0 Å². The summed E-state index contributed by atoms with van der Waals surface area (Å²) in [6.45, 7) is 5.74. The second-order valence-electron chi connectivity index (χ2n) is 3.91. The normalized spacial score (nSPS) is 11.8. The van der Waals surface area contributed by atoms with Crippen LogP contribution in [0.5, 0.6) is 0 Å². The fourth-order valence-corrected chi connectivity index (χ4v) is 1.82. The van der Waals surface area contributed by atoms with E-state index >= 15 is 0 Å². The van der Waals surface area contributed by atoms with Gasteiger partial charge in [-0.2, -0.15) is 5.10 Å². The van der Waals surface area contributed by atoms with Gasteiger partial charge in [0.25, 0.3) is 5.56 Å². The fraction of sp³-hybridized carbons (Fsp3) is 0.556. The number of hydrogen-bond acceptors (Lipinski definition) is 3. The first-order valence-electron chi connectivity index (χ1n) is 4.20. The van der Waals surface area contributed by atoms with Gasteiger partial charge in [0, 0.05) is 0 Å². The van der Waals surface area contributed by atoms with Crippen LogP contribution < -0.4 is 5.56 Å². The van der Waals surface area contributed by atoms with E-state index in [1.54, 1.807) is 6.20 Å². The van der Waals surface area contributed by atoms with Crippen LogP contribution in [0.25, 0.3) is 0 Å². The average molecular weight is 233 g/mol. The lowest BCUT2D eigenvalue weighted by Crippen LogP contribution is -2.36. The zero-order valence-corrected chi connectivity index (χ0v) is 10.2. The molecule has 78 valence electrons. The van der Waals surface area contributed by atoms with Crippen LogP contribution in [0, 0.1) is 0 Å². The Morgan fingerprint density at radius 3 is 2.50 bits per heavy atom. The minimum atomic E-state index is -0.336. The molecule has 0 fully saturated rings. The number of thioether (sulfide) groups is 1. The summed E-state index contributed by atoms with van der Waals surface area (Å²) in [4.78, 5) is 12.5. The van der Waals surface area contributed by atoms with Crippen LogP contribution in [0.3, 0.4) is 0 Å². The number of hydrogen-bond donors (Lipinski definition) is 0. The smallest absolute Gasteiger partial charge is 0.266 e. The summed E-state index contributed by atoms with van der Waals surface area (Å²) in [5, 5.41) is 4.33. The van der Waals surface area contributed by atoms with Gasteiger partial charge >= 0.3 is 0 Å². The Balaban J connectivity index is 3.40. The van der Waals surface area contributed by atoms with Gasteiger partial charge in [-0.15, -0.1) is 11.8 Å². The monoisotopic (exact) mass is 232 g/mol. The molecule has 0 aliphatic heterocycles. The van der Waals surface area contributed by atoms with Crippen molar-refractivity contribution in [1.82, 2.24) is 9.78 Å². The summed E-state index contributed by atoms with van der Waals surface area (Å²) >= 11 is 7.33. The van der Waals surface area contributed by atoms with Crippen LogP contribution >= 0.6 is 23.4 Å². The molecule has 0 N–H and O–H groups in total. The first kappa shape index (κ1) is 11.6. The molecule has 0 amide bonds. The molecule has 0 saturated heterocycles. The highest BCUT2D eigenvalue weighted by molar-refractivity contribution is 7.98. The molecule has 1 aromatic heterocycles. The molecule has 1 heterocycles. The molecular formula is C9H13ClN2OS. The van der Waals surface area contributed by atoms with Crippen molar-refractivity contribution in [3.05, 3.63) is 21.6 Å². The quantitative estimate of drug-likeness (QED) is 0.698. The highest BCUT2D eigenvalue weighted by Crippen LogP contribution is 2.21. The summed E-state index contributed by atoms with van der Waals surface area (Å²) in [7, 11) is 0. The topological polar surface area (TPSA) is 34.9 Å². The molecule has 14 heavy (non-hydrogen) atoms. The van der Waals surface area contributed by atoms with Crippen molar-refractivity contribution < 1.29 is 0 Å². The summed E-state index contributed by atoms with van der Waals surface area (Å²) in [6, 6.07) is 0. The molecule has 3 nitrogen and oxygen atoms in total. The van der Waals surface area contributed by atoms with Gasteiger partial charge in [0.05, 0.1) is 16.6 Å². The lowest BCUT2D eigenvalue weighted by molar-refractivity contribution is 0.336. The summed E-state index contributed by atoms with van der Waals surface area (Å²) in [6.07, 6.45) is 3.49. The maximum atomic E-state index is 11.8. The van der Waals surface area contributed by atoms with E-state index in [0.717, 1.165) is 4.90 Å². The Morgan fingerprint density at radius 2 is 2.07 bits per heavy atom. The Morgan fingerprint density at radius 1 is 1.50 bits per heavy atom. The Bertz CT molecular complexity index is 395. The van der Waals surface area contributed by atoms with E-state index in [0.29, 0.717) is 0 Å². The number of rotatable bonds is 1. The maximum Gasteiger partial charge on any atom is 0.287 e. The molecule has 0 aromatic carbocycles. The molecule has 0 bridgehead atoms. The standard InChI is InChI=1S/C9H13ClN2OS/c1-9(2,3)12-8(13)7(10)6(14-4)5-11-12/h5H,1-4H3. The molecule has 0 unspecified atom stereocenters. The minimum Gasteiger partial charge on any atom is -0.266 e. The van der Waals surface area contributed by atoms with Crippen molar-refractivity contribution >= 4 is 23.4 Å². The molecule has 0 atom stereocenters. The van der Waals surface area contributed by atoms with Crippen LogP contribution in [-0.2, 0) is 5.54 Å². The SMILES string of the molecule is CSc1cnn(C(C)(C)C)c(=O)c1Cl. The molecule has 0 spiro atoms. The van der Waals surface area contributed by atoms with E-state index in [-0.39, 0.29) is 16.1 Å². The van der Waals surface area contributed by atoms with Gasteiger partial charge in [-0.1, -0.05) is 11.6 Å². The van der Waals surface area contributed by atoms with Crippen molar-refractivity contribution in [3.8, 4) is 0 Å². The maximum absolute atomic E-state index is 11.8. The first-order chi connectivity index (χ1) is 6.38. The largest absolute Gasteiger partial charge is 0.287 e. The molecular weight excluding hydrogens is 220 g/mol. The first-order valence-corrected chi connectivity index (χ1v) is 5.80. The average Bonchev–Trinajstić information content (AvgIpc) is 2.07. The van der Waals surface area contributed by atoms with Crippen molar-refractivity contribution in [2.45, 2.75) is 31.2 Å². The number of nitrogens with zero attached hydrogens (tertiary/aromatic N) is 2. The summed E-state index contributed by atoms with van der Waals surface area (Å²) in [5.74, 6) is 0. The van der Waals surface area contributed by atoms with Crippen LogP contribution in [-0.4, -0.2) is 16.0 Å². The summed E-state index contributed by atoms with van der Waals surface area (Å²) < 4.78 is 1.40. The molecule has 0 saturated carbocycles. The van der Waals surface area contributed by atoms with Crippen LogP contribution in [0.1, 0.15) is 20.8 Å². The lowest BCUT2D eigenvalue weighted by Gasteiger charge is -2.20. The summed E-state index contributed by atoms with van der Waals surface area (Å²) in [5.41, 5.74) is -0.566. The van der Waals surface area contributed by atoms with Crippen LogP contribution in [0.2, 0.25) is 5.02 Å². The van der Waals surface area contributed by atoms with E-state index < -0.39 is 0 Å². The Labute approximate surface area is 92.5 Å². The third kappa shape index (κ3) is 2.12. The van der Waals surface area contributed by atoms with Crippen molar-refractivity contribution in [1.29, 1.82) is 0 Å². The second-order valence-corrected chi connectivity index (χ2v) is 5.14. The predicted octanol–water partition coefficient (Wildman–Crippen LogP) is 2.37. The van der Waals surface area contributed by atoms with E-state index in [2.05, 4.69) is 5.10 Å². The fourth-order valence-electron chi connectivity index (χ4n) is 1.04. The Kier molecular flexibility index (Phi) is 3.27. The lowest BCUT2D eigenvalue weighted by atomic mass is 10.1. The van der Waals surface area contributed by atoms with E-state index in [1.165, 1.54) is 16.4 Å². The van der Waals surface area contributed by atoms with Gasteiger partial charge in [-0.05, 0) is 27.0 Å². The van der Waals surface area contributed by atoms with E-state index in [1.807, 2.05) is 27.0 Å². The number of aromatic nitrogens is 2. The van der Waals surface area contributed by atoms with Gasteiger partial charge in [-0.25, -0.2) is 4.68 Å². The van der Waals surface area contributed by atoms with E-state index in [9.17, 15) is 4.79 Å². The molecule has 0 radical (unpaired) electrons. The van der Waals surface area contributed by atoms with Crippen molar-refractivity contribution in [2.24, 2.45) is 0 Å². The van der Waals surface area contributed by atoms with Crippen molar-refractivity contribution in [3.63, 3.8) is 0 Å². The van der Waals surface area contributed by atoms with Gasteiger partial charge < -0.3 is 0 Å². The third-order valence-corrected chi connectivity index (χ3v) is 2.97. The predicted molar refractivity (Wildman–Crippen MR) is 60.3 cm³/mol. The highest BCUT2D eigenvalue weighted by atomic mass is 35.5. The zero-order valence-electron chi connectivity index (χ0n) is 8.67. The van der Waals surface area contributed by atoms with E-state index in [4.69, 9.17) is 11.6 Å². The van der Waals surface area contributed by atoms with Gasteiger partial charge in [0.2, 0.25) is 0 Å². The molecule has 5 heteroatoms. The third-order valence-electron chi connectivity index (χ3n) is 1.74. The second kappa shape index (κ2) is 3.95. The van der Waals surface area contributed by atoms with Gasteiger partial charge in [0.15, 0.2) is 0 Å².